The monoisotopic (exact) mass is 794 g/mol. The second-order valence-corrected chi connectivity index (χ2v) is 18.7. The van der Waals surface area contributed by atoms with Crippen molar-refractivity contribution >= 4 is 44.7 Å². The molecule has 5 atom stereocenters. The van der Waals surface area contributed by atoms with Gasteiger partial charge in [0.25, 0.3) is 5.91 Å². The molecule has 16 heteroatoms. The van der Waals surface area contributed by atoms with Crippen LogP contribution in [0.15, 0.2) is 30.4 Å². The number of likely N-dealkylation sites (tertiary alicyclic amines) is 1. The van der Waals surface area contributed by atoms with Crippen LogP contribution < -0.4 is 29.6 Å². The number of hydrogen-bond acceptors (Lipinski definition) is 10. The van der Waals surface area contributed by atoms with Crippen molar-refractivity contribution in [1.82, 2.24) is 30.1 Å². The molecule has 3 aliphatic heterocycles. The van der Waals surface area contributed by atoms with Crippen LogP contribution in [0.1, 0.15) is 90.5 Å². The van der Waals surface area contributed by atoms with Gasteiger partial charge in [-0.05, 0) is 84.8 Å². The highest BCUT2D eigenvalue weighted by Gasteiger charge is 2.63. The summed E-state index contributed by atoms with van der Waals surface area (Å²) in [6.45, 7) is 8.51. The molecule has 0 radical (unpaired) electrons. The molecule has 3 N–H and O–H groups in total. The van der Waals surface area contributed by atoms with Crippen LogP contribution >= 0.6 is 0 Å². The molecule has 5 aliphatic rings. The second kappa shape index (κ2) is 15.4. The summed E-state index contributed by atoms with van der Waals surface area (Å²) >= 11 is 0. The molecule has 2 saturated carbocycles. The summed E-state index contributed by atoms with van der Waals surface area (Å²) in [5.41, 5.74) is -0.109. The normalized spacial score (nSPS) is 28.1. The van der Waals surface area contributed by atoms with Gasteiger partial charge in [0.1, 0.15) is 35.2 Å². The van der Waals surface area contributed by atoms with Gasteiger partial charge in [0.15, 0.2) is 0 Å². The summed E-state index contributed by atoms with van der Waals surface area (Å²) in [6.07, 6.45) is 8.44. The van der Waals surface area contributed by atoms with Crippen LogP contribution in [0, 0.1) is 12.8 Å². The number of carbonyl (C=O) groups excluding carboxylic acids is 4. The van der Waals surface area contributed by atoms with Gasteiger partial charge < -0.3 is 34.6 Å². The fourth-order valence-electron chi connectivity index (χ4n) is 7.86. The minimum absolute atomic E-state index is 0.0155. The number of urea groups is 1. The van der Waals surface area contributed by atoms with E-state index in [1.54, 1.807) is 25.0 Å². The molecule has 1 aromatic carbocycles. The first-order valence-corrected chi connectivity index (χ1v) is 21.4. The highest BCUT2D eigenvalue weighted by Crippen LogP contribution is 2.47. The Kier molecular flexibility index (Phi) is 10.9. The van der Waals surface area contributed by atoms with Crippen molar-refractivity contribution < 1.29 is 41.8 Å². The van der Waals surface area contributed by atoms with Crippen molar-refractivity contribution in [3.63, 3.8) is 0 Å². The number of pyridine rings is 1. The maximum atomic E-state index is 14.6. The average molecular weight is 795 g/mol. The molecule has 4 fully saturated rings. The molecule has 0 spiro atoms. The Balaban J connectivity index is 1.22. The number of aromatic nitrogens is 1. The molecule has 2 aromatic rings. The number of allylic oxidation sites excluding steroid dienone is 1. The number of hydrogen-bond donors (Lipinski definition) is 3. The van der Waals surface area contributed by atoms with Crippen LogP contribution in [-0.2, 0) is 24.4 Å². The van der Waals surface area contributed by atoms with Crippen molar-refractivity contribution in [2.75, 3.05) is 26.7 Å². The maximum absolute atomic E-state index is 14.6. The minimum Gasteiger partial charge on any atom is -0.496 e. The van der Waals surface area contributed by atoms with Gasteiger partial charge in [0.05, 0.1) is 30.0 Å². The van der Waals surface area contributed by atoms with E-state index in [-0.39, 0.29) is 31.5 Å². The largest absolute Gasteiger partial charge is 0.496 e. The van der Waals surface area contributed by atoms with E-state index in [1.807, 2.05) is 45.1 Å². The van der Waals surface area contributed by atoms with Crippen LogP contribution in [-0.4, -0.2) is 108 Å². The Hall–Kier alpha value is -4.60. The quantitative estimate of drug-likeness (QED) is 0.315. The van der Waals surface area contributed by atoms with Gasteiger partial charge in [0.2, 0.25) is 27.7 Å². The number of aryl methyl sites for hydroxylation is 1. The summed E-state index contributed by atoms with van der Waals surface area (Å²) in [7, 11) is -2.40. The van der Waals surface area contributed by atoms with Crippen LogP contribution in [0.4, 0.5) is 4.79 Å². The van der Waals surface area contributed by atoms with Gasteiger partial charge in [-0.2, -0.15) is 0 Å². The number of carbonyl (C=O) groups is 4. The van der Waals surface area contributed by atoms with Gasteiger partial charge in [-0.3, -0.25) is 19.1 Å². The number of methoxy groups -OCH3 is 1. The summed E-state index contributed by atoms with van der Waals surface area (Å²) in [5, 5.41) is 6.56. The van der Waals surface area contributed by atoms with Crippen LogP contribution in [0.3, 0.4) is 0 Å². The lowest BCUT2D eigenvalue weighted by atomic mass is 10.0. The van der Waals surface area contributed by atoms with E-state index in [2.05, 4.69) is 15.4 Å². The number of nitrogens with zero attached hydrogens (tertiary/aromatic N) is 3. The Morgan fingerprint density at radius 1 is 1.07 bits per heavy atom. The third-order valence-electron chi connectivity index (χ3n) is 11.9. The Morgan fingerprint density at radius 2 is 1.84 bits per heavy atom. The standard InChI is InChI=1S/C40H54N6O9S/c1-24(2)54-33-21-32(28-14-15-31(53-5)25(3)34(28)42-33)55-27-20-30-35(47)43-40(37(49)44-56(51,52)39(4)16-17-39)22-26(40)12-9-7-6-8-10-13-29(36(48)46(30)23-27)41-38(50)45-18-11-19-45/h9,12,14-15,21,24,26-27,29-30H,6-8,10-11,13,16-20,22-23H2,1-5H3,(H,41,50)(H,43,47)(H,44,49)/b12-9-/t26-,27-,29+,30+,40-/m1/s1. The third-order valence-corrected chi connectivity index (χ3v) is 14.1. The lowest BCUT2D eigenvalue weighted by molar-refractivity contribution is -0.141. The summed E-state index contributed by atoms with van der Waals surface area (Å²) < 4.78 is 45.9. The third kappa shape index (κ3) is 7.85. The van der Waals surface area contributed by atoms with Crippen molar-refractivity contribution in [2.45, 2.75) is 126 Å². The zero-order valence-electron chi connectivity index (χ0n) is 32.9. The number of ether oxygens (including phenoxy) is 3. The number of nitrogens with one attached hydrogen (secondary N) is 3. The first-order valence-electron chi connectivity index (χ1n) is 19.9. The molecule has 0 unspecified atom stereocenters. The van der Waals surface area contributed by atoms with Gasteiger partial charge in [-0.15, -0.1) is 0 Å². The predicted octanol–water partition coefficient (Wildman–Crippen LogP) is 3.86. The molecular weight excluding hydrogens is 741 g/mol. The number of fused-ring (bicyclic) bond motifs is 3. The lowest BCUT2D eigenvalue weighted by Crippen LogP contribution is -2.59. The zero-order chi connectivity index (χ0) is 40.0. The van der Waals surface area contributed by atoms with Gasteiger partial charge in [0, 0.05) is 42.4 Å². The van der Waals surface area contributed by atoms with E-state index in [0.29, 0.717) is 73.5 Å². The fourth-order valence-corrected chi connectivity index (χ4v) is 9.18. The van der Waals surface area contributed by atoms with E-state index >= 15 is 0 Å². The maximum Gasteiger partial charge on any atom is 0.318 e. The average Bonchev–Trinajstić information content (AvgIpc) is 3.99. The van der Waals surface area contributed by atoms with E-state index in [0.717, 1.165) is 24.8 Å². The van der Waals surface area contributed by atoms with Crippen molar-refractivity contribution in [2.24, 2.45) is 5.92 Å². The Bertz CT molecular complexity index is 2030. The van der Waals surface area contributed by atoms with E-state index < -0.39 is 62.1 Å². The van der Waals surface area contributed by atoms with Crippen molar-refractivity contribution in [1.29, 1.82) is 0 Å². The zero-order valence-corrected chi connectivity index (χ0v) is 33.7. The first-order chi connectivity index (χ1) is 26.6. The van der Waals surface area contributed by atoms with E-state index in [4.69, 9.17) is 19.2 Å². The molecular formula is C40H54N6O9S. The summed E-state index contributed by atoms with van der Waals surface area (Å²) in [5.74, 6) is -0.805. The van der Waals surface area contributed by atoms with Gasteiger partial charge >= 0.3 is 6.03 Å². The van der Waals surface area contributed by atoms with Gasteiger partial charge in [-0.25, -0.2) is 18.2 Å². The summed E-state index contributed by atoms with van der Waals surface area (Å²) in [6, 6.07) is 3.06. The fraction of sp³-hybridized carbons (Fsp3) is 0.625. The molecule has 2 aliphatic carbocycles. The number of sulfonamides is 1. The second-order valence-electron chi connectivity index (χ2n) is 16.5. The summed E-state index contributed by atoms with van der Waals surface area (Å²) in [4.78, 5) is 64.1. The molecule has 5 amide bonds. The molecule has 4 heterocycles. The first kappa shape index (κ1) is 39.6. The Morgan fingerprint density at radius 3 is 2.52 bits per heavy atom. The van der Waals surface area contributed by atoms with Crippen molar-refractivity contribution in [3.8, 4) is 17.4 Å². The van der Waals surface area contributed by atoms with Crippen LogP contribution in [0.25, 0.3) is 10.9 Å². The molecule has 2 saturated heterocycles. The molecule has 304 valence electrons. The lowest BCUT2D eigenvalue weighted by Gasteiger charge is -2.34. The van der Waals surface area contributed by atoms with E-state index in [9.17, 15) is 27.6 Å². The van der Waals surface area contributed by atoms with Crippen LogP contribution in [0.2, 0.25) is 0 Å². The molecule has 7 rings (SSSR count). The SMILES string of the molecule is COc1ccc2c(O[C@@H]3C[C@H]4C(=O)N[C@]5(C(=O)NS(=O)(=O)C6(C)CC6)C[C@H]5/C=C\CCCCC[C@H](NC(=O)N5CCC5)C(=O)N4C3)cc(OC(C)C)nc2c1C. The Labute approximate surface area is 328 Å². The smallest absolute Gasteiger partial charge is 0.318 e. The van der Waals surface area contributed by atoms with Gasteiger partial charge in [-0.1, -0.05) is 25.0 Å². The molecule has 0 bridgehead atoms. The number of amides is 5. The highest BCUT2D eigenvalue weighted by atomic mass is 32.2. The topological polar surface area (TPSA) is 186 Å². The number of benzene rings is 1. The molecule has 1 aromatic heterocycles. The number of rotatable bonds is 9. The molecule has 56 heavy (non-hydrogen) atoms. The van der Waals surface area contributed by atoms with Crippen LogP contribution in [0.5, 0.6) is 17.4 Å². The minimum atomic E-state index is -3.99. The predicted molar refractivity (Wildman–Crippen MR) is 208 cm³/mol. The van der Waals surface area contributed by atoms with E-state index in [1.165, 1.54) is 4.90 Å². The molecule has 15 nitrogen and oxygen atoms in total. The highest BCUT2D eigenvalue weighted by molar-refractivity contribution is 7.91. The van der Waals surface area contributed by atoms with Crippen molar-refractivity contribution in [3.05, 3.63) is 35.9 Å².